The molecular formula is C16H10FN5. The lowest BCUT2D eigenvalue weighted by Gasteiger charge is -2.02. The first kappa shape index (κ1) is 12.6. The van der Waals surface area contributed by atoms with E-state index in [2.05, 4.69) is 20.3 Å². The highest BCUT2D eigenvalue weighted by molar-refractivity contribution is 5.90. The summed E-state index contributed by atoms with van der Waals surface area (Å²) in [4.78, 5) is 4.04. The number of nitrogens with zero attached hydrogens (tertiary/aromatic N) is 5. The summed E-state index contributed by atoms with van der Waals surface area (Å²) in [6, 6.07) is 10.0. The molecule has 0 aliphatic rings. The smallest absolute Gasteiger partial charge is 0.185 e. The molecule has 106 valence electrons. The maximum Gasteiger partial charge on any atom is 0.185 e. The molecule has 0 unspecified atom stereocenters. The van der Waals surface area contributed by atoms with Crippen molar-refractivity contribution in [1.29, 1.82) is 0 Å². The summed E-state index contributed by atoms with van der Waals surface area (Å²) in [6.07, 6.45) is 6.73. The van der Waals surface area contributed by atoms with Gasteiger partial charge in [-0.25, -0.2) is 8.91 Å². The first-order chi connectivity index (χ1) is 10.8. The Hall–Kier alpha value is -3.15. The predicted molar refractivity (Wildman–Crippen MR) is 79.4 cm³/mol. The monoisotopic (exact) mass is 291 g/mol. The number of rotatable bonds is 2. The molecule has 0 aliphatic carbocycles. The van der Waals surface area contributed by atoms with Crippen LogP contribution < -0.4 is 0 Å². The summed E-state index contributed by atoms with van der Waals surface area (Å²) in [5, 5.41) is 12.7. The number of hydrogen-bond acceptors (Lipinski definition) is 4. The highest BCUT2D eigenvalue weighted by Gasteiger charge is 2.17. The second-order valence-corrected chi connectivity index (χ2v) is 4.75. The Morgan fingerprint density at radius 1 is 0.864 bits per heavy atom. The van der Waals surface area contributed by atoms with Gasteiger partial charge in [-0.2, -0.15) is 10.2 Å². The Kier molecular flexibility index (Phi) is 2.86. The Balaban J connectivity index is 2.04. The number of fused-ring (bicyclic) bond motifs is 1. The van der Waals surface area contributed by atoms with Crippen molar-refractivity contribution < 1.29 is 4.39 Å². The number of hydrogen-bond donors (Lipinski definition) is 0. The third-order valence-corrected chi connectivity index (χ3v) is 3.40. The van der Waals surface area contributed by atoms with Gasteiger partial charge in [0.2, 0.25) is 0 Å². The second-order valence-electron chi connectivity index (χ2n) is 4.75. The zero-order valence-corrected chi connectivity index (χ0v) is 11.4. The molecule has 0 amide bonds. The van der Waals surface area contributed by atoms with Crippen molar-refractivity contribution in [3.63, 3.8) is 0 Å². The number of benzene rings is 1. The highest BCUT2D eigenvalue weighted by Crippen LogP contribution is 2.33. The molecule has 0 saturated heterocycles. The Morgan fingerprint density at radius 3 is 2.41 bits per heavy atom. The molecule has 0 atom stereocenters. The molecule has 4 aromatic rings. The van der Waals surface area contributed by atoms with Crippen LogP contribution in [-0.4, -0.2) is 24.8 Å². The average molecular weight is 291 g/mol. The van der Waals surface area contributed by atoms with Crippen LogP contribution in [0.2, 0.25) is 0 Å². The van der Waals surface area contributed by atoms with Crippen molar-refractivity contribution in [3.8, 4) is 22.4 Å². The maximum atomic E-state index is 13.2. The SMILES string of the molecule is Fc1ccc(-c2nn3ccnnc3c2-c2ccncc2)cc1. The van der Waals surface area contributed by atoms with Crippen LogP contribution in [0.3, 0.4) is 0 Å². The van der Waals surface area contributed by atoms with Crippen LogP contribution in [0.15, 0.2) is 61.2 Å². The maximum absolute atomic E-state index is 13.2. The molecule has 5 nitrogen and oxygen atoms in total. The lowest BCUT2D eigenvalue weighted by atomic mass is 10.0. The van der Waals surface area contributed by atoms with Crippen LogP contribution in [-0.2, 0) is 0 Å². The third-order valence-electron chi connectivity index (χ3n) is 3.40. The van der Waals surface area contributed by atoms with E-state index >= 15 is 0 Å². The summed E-state index contributed by atoms with van der Waals surface area (Å²) in [6.45, 7) is 0. The van der Waals surface area contributed by atoms with Crippen LogP contribution >= 0.6 is 0 Å². The standard InChI is InChI=1S/C16H10FN5/c17-13-3-1-12(2-4-13)15-14(11-5-7-18-8-6-11)16-20-19-9-10-22(16)21-15/h1-10H. The molecule has 22 heavy (non-hydrogen) atoms. The first-order valence-electron chi connectivity index (χ1n) is 6.69. The van der Waals surface area contributed by atoms with E-state index in [1.165, 1.54) is 12.1 Å². The number of halogens is 1. The minimum absolute atomic E-state index is 0.280. The fourth-order valence-electron chi connectivity index (χ4n) is 2.40. The van der Waals surface area contributed by atoms with Gasteiger partial charge in [0, 0.05) is 18.0 Å². The highest BCUT2D eigenvalue weighted by atomic mass is 19.1. The summed E-state index contributed by atoms with van der Waals surface area (Å²) in [5.41, 5.74) is 3.98. The van der Waals surface area contributed by atoms with Gasteiger partial charge in [0.15, 0.2) is 5.65 Å². The molecule has 4 rings (SSSR count). The summed E-state index contributed by atoms with van der Waals surface area (Å²) < 4.78 is 14.8. The van der Waals surface area contributed by atoms with Gasteiger partial charge in [-0.05, 0) is 42.0 Å². The van der Waals surface area contributed by atoms with Crippen LogP contribution in [0.5, 0.6) is 0 Å². The first-order valence-corrected chi connectivity index (χ1v) is 6.69. The van der Waals surface area contributed by atoms with Crippen LogP contribution in [0, 0.1) is 5.82 Å². The average Bonchev–Trinajstić information content (AvgIpc) is 2.96. The van der Waals surface area contributed by atoms with Gasteiger partial charge in [0.1, 0.15) is 11.5 Å². The van der Waals surface area contributed by atoms with Gasteiger partial charge in [0.25, 0.3) is 0 Å². The molecule has 0 N–H and O–H groups in total. The van der Waals surface area contributed by atoms with Gasteiger partial charge in [-0.15, -0.1) is 5.10 Å². The fourth-order valence-corrected chi connectivity index (χ4v) is 2.40. The van der Waals surface area contributed by atoms with Gasteiger partial charge in [-0.1, -0.05) is 0 Å². The second kappa shape index (κ2) is 5.00. The molecular weight excluding hydrogens is 281 g/mol. The summed E-state index contributed by atoms with van der Waals surface area (Å²) >= 11 is 0. The normalized spacial score (nSPS) is 11.0. The summed E-state index contributed by atoms with van der Waals surface area (Å²) in [5.74, 6) is -0.280. The van der Waals surface area contributed by atoms with Crippen molar-refractivity contribution in [2.24, 2.45) is 0 Å². The van der Waals surface area contributed by atoms with Crippen LogP contribution in [0.1, 0.15) is 0 Å². The predicted octanol–water partition coefficient (Wildman–Crippen LogP) is 2.99. The number of pyridine rings is 1. The van der Waals surface area contributed by atoms with Gasteiger partial charge in [0.05, 0.1) is 18.0 Å². The van der Waals surface area contributed by atoms with E-state index in [0.717, 1.165) is 22.4 Å². The molecule has 3 heterocycles. The van der Waals surface area contributed by atoms with Crippen LogP contribution in [0.25, 0.3) is 28.0 Å². The van der Waals surface area contributed by atoms with Crippen molar-refractivity contribution in [2.45, 2.75) is 0 Å². The minimum atomic E-state index is -0.280. The molecule has 0 spiro atoms. The lowest BCUT2D eigenvalue weighted by molar-refractivity contribution is 0.628. The largest absolute Gasteiger partial charge is 0.265 e. The van der Waals surface area contributed by atoms with Crippen molar-refractivity contribution in [2.75, 3.05) is 0 Å². The van der Waals surface area contributed by atoms with E-state index in [1.54, 1.807) is 41.4 Å². The quantitative estimate of drug-likeness (QED) is 0.569. The number of aromatic nitrogens is 5. The fraction of sp³-hybridized carbons (Fsp3) is 0. The topological polar surface area (TPSA) is 56.0 Å². The summed E-state index contributed by atoms with van der Waals surface area (Å²) in [7, 11) is 0. The molecule has 0 aliphatic heterocycles. The zero-order valence-electron chi connectivity index (χ0n) is 11.4. The molecule has 0 bridgehead atoms. The van der Waals surface area contributed by atoms with Crippen molar-refractivity contribution in [1.82, 2.24) is 24.8 Å². The molecule has 1 aromatic carbocycles. The lowest BCUT2D eigenvalue weighted by Crippen LogP contribution is -1.91. The van der Waals surface area contributed by atoms with Gasteiger partial charge in [-0.3, -0.25) is 4.98 Å². The van der Waals surface area contributed by atoms with E-state index in [-0.39, 0.29) is 5.82 Å². The van der Waals surface area contributed by atoms with Gasteiger partial charge < -0.3 is 0 Å². The molecule has 3 aromatic heterocycles. The third kappa shape index (κ3) is 2.01. The molecule has 0 saturated carbocycles. The van der Waals surface area contributed by atoms with Crippen molar-refractivity contribution in [3.05, 3.63) is 67.0 Å². The minimum Gasteiger partial charge on any atom is -0.265 e. The van der Waals surface area contributed by atoms with E-state index in [0.29, 0.717) is 5.65 Å². The Morgan fingerprint density at radius 2 is 1.64 bits per heavy atom. The van der Waals surface area contributed by atoms with E-state index in [4.69, 9.17) is 0 Å². The zero-order chi connectivity index (χ0) is 14.9. The Labute approximate surface area is 125 Å². The molecule has 0 fully saturated rings. The Bertz CT molecular complexity index is 932. The molecule has 6 heteroatoms. The van der Waals surface area contributed by atoms with Crippen molar-refractivity contribution >= 4 is 5.65 Å². The molecule has 0 radical (unpaired) electrons. The van der Waals surface area contributed by atoms with E-state index in [9.17, 15) is 4.39 Å². The van der Waals surface area contributed by atoms with Crippen LogP contribution in [0.4, 0.5) is 4.39 Å². The van der Waals surface area contributed by atoms with E-state index in [1.807, 2.05) is 12.1 Å². The van der Waals surface area contributed by atoms with E-state index < -0.39 is 0 Å². The van der Waals surface area contributed by atoms with Gasteiger partial charge >= 0.3 is 0 Å².